The van der Waals surface area contributed by atoms with Crippen LogP contribution in [-0.4, -0.2) is 38.1 Å². The van der Waals surface area contributed by atoms with Crippen molar-refractivity contribution in [1.29, 1.82) is 0 Å². The van der Waals surface area contributed by atoms with Crippen LogP contribution in [0.3, 0.4) is 0 Å². The highest BCUT2D eigenvalue weighted by Crippen LogP contribution is 2.32. The van der Waals surface area contributed by atoms with Crippen molar-refractivity contribution >= 4 is 17.8 Å². The molecule has 4 amide bonds. The van der Waals surface area contributed by atoms with Gasteiger partial charge in [-0.2, -0.15) is 0 Å². The van der Waals surface area contributed by atoms with E-state index < -0.39 is 29.9 Å². The van der Waals surface area contributed by atoms with Gasteiger partial charge in [0.1, 0.15) is 0 Å². The second-order valence-corrected chi connectivity index (χ2v) is 5.14. The van der Waals surface area contributed by atoms with Gasteiger partial charge in [0.2, 0.25) is 11.8 Å². The van der Waals surface area contributed by atoms with E-state index in [9.17, 15) is 14.4 Å². The molecule has 0 saturated heterocycles. The van der Waals surface area contributed by atoms with Gasteiger partial charge in [0.15, 0.2) is 17.5 Å². The number of aryl methyl sites for hydroxylation is 1. The maximum absolute atomic E-state index is 11.9. The summed E-state index contributed by atoms with van der Waals surface area (Å²) in [4.78, 5) is 34.1. The molecule has 9 nitrogen and oxygen atoms in total. The van der Waals surface area contributed by atoms with Crippen molar-refractivity contribution in [3.63, 3.8) is 0 Å². The predicted molar refractivity (Wildman–Crippen MR) is 86.5 cm³/mol. The fraction of sp³-hybridized carbons (Fsp3) is 0.400. The van der Waals surface area contributed by atoms with Crippen LogP contribution in [-0.2, 0) is 9.59 Å². The minimum absolute atomic E-state index is 0.439. The van der Waals surface area contributed by atoms with Crippen LogP contribution in [0.25, 0.3) is 0 Å². The molecule has 1 aromatic rings. The van der Waals surface area contributed by atoms with Gasteiger partial charge < -0.3 is 31.6 Å². The van der Waals surface area contributed by atoms with E-state index in [-0.39, 0.29) is 0 Å². The fourth-order valence-corrected chi connectivity index (χ4v) is 2.19. The standard InChI is InChI=1S/C15H22N4O5/c1-7-5-10(23-3)11(24-4)6-9(7)8(2)18-15(22)19-12(13(16)20)14(17)21/h5-6,8,12H,1-4H3,(H2,16,20)(H2,17,21)(H2,18,19,22). The first-order chi connectivity index (χ1) is 11.2. The molecule has 0 saturated carbocycles. The van der Waals surface area contributed by atoms with Gasteiger partial charge in [0, 0.05) is 0 Å². The number of nitrogens with one attached hydrogen (secondary N) is 2. The number of amides is 4. The predicted octanol–water partition coefficient (Wildman–Crippen LogP) is -0.288. The molecule has 9 heteroatoms. The first-order valence-corrected chi connectivity index (χ1v) is 7.09. The lowest BCUT2D eigenvalue weighted by Crippen LogP contribution is -2.55. The van der Waals surface area contributed by atoms with Crippen molar-refractivity contribution in [2.24, 2.45) is 11.5 Å². The lowest BCUT2D eigenvalue weighted by atomic mass is 10.0. The Labute approximate surface area is 139 Å². The highest BCUT2D eigenvalue weighted by Gasteiger charge is 2.25. The Hall–Kier alpha value is -2.97. The molecular formula is C15H22N4O5. The van der Waals surface area contributed by atoms with Crippen molar-refractivity contribution in [3.8, 4) is 11.5 Å². The zero-order chi connectivity index (χ0) is 18.4. The van der Waals surface area contributed by atoms with E-state index in [1.807, 2.05) is 6.92 Å². The van der Waals surface area contributed by atoms with E-state index in [0.717, 1.165) is 11.1 Å². The SMILES string of the molecule is COc1cc(C)c(C(C)NC(=O)NC(C(N)=O)C(N)=O)cc1OC. The number of nitrogens with two attached hydrogens (primary N) is 2. The van der Waals surface area contributed by atoms with Crippen molar-refractivity contribution < 1.29 is 23.9 Å². The number of methoxy groups -OCH3 is 2. The minimum atomic E-state index is -1.58. The quantitative estimate of drug-likeness (QED) is 0.505. The van der Waals surface area contributed by atoms with Gasteiger partial charge in [0.25, 0.3) is 0 Å². The number of primary amides is 2. The normalized spacial score (nSPS) is 11.5. The van der Waals surface area contributed by atoms with Gasteiger partial charge in [-0.25, -0.2) is 4.79 Å². The lowest BCUT2D eigenvalue weighted by Gasteiger charge is -2.20. The average molecular weight is 338 g/mol. The van der Waals surface area contributed by atoms with Crippen LogP contribution < -0.4 is 31.6 Å². The summed E-state index contributed by atoms with van der Waals surface area (Å²) in [5, 5.41) is 4.74. The third kappa shape index (κ3) is 4.51. The zero-order valence-electron chi connectivity index (χ0n) is 14.0. The number of benzene rings is 1. The molecule has 1 unspecified atom stereocenters. The Morgan fingerprint density at radius 1 is 1.00 bits per heavy atom. The third-order valence-corrected chi connectivity index (χ3v) is 3.43. The molecule has 132 valence electrons. The van der Waals surface area contributed by atoms with Crippen molar-refractivity contribution in [2.75, 3.05) is 14.2 Å². The monoisotopic (exact) mass is 338 g/mol. The van der Waals surface area contributed by atoms with Crippen LogP contribution >= 0.6 is 0 Å². The van der Waals surface area contributed by atoms with Crippen molar-refractivity contribution in [3.05, 3.63) is 23.3 Å². The van der Waals surface area contributed by atoms with E-state index in [4.69, 9.17) is 20.9 Å². The lowest BCUT2D eigenvalue weighted by molar-refractivity contribution is -0.128. The molecule has 0 heterocycles. The minimum Gasteiger partial charge on any atom is -0.493 e. The molecule has 1 atom stereocenters. The Balaban J connectivity index is 2.91. The van der Waals surface area contributed by atoms with Crippen LogP contribution in [0.4, 0.5) is 4.79 Å². The summed E-state index contributed by atoms with van der Waals surface area (Å²) in [6.07, 6.45) is 0. The van der Waals surface area contributed by atoms with E-state index in [1.165, 1.54) is 14.2 Å². The summed E-state index contributed by atoms with van der Waals surface area (Å²) >= 11 is 0. The van der Waals surface area contributed by atoms with Crippen molar-refractivity contribution in [1.82, 2.24) is 10.6 Å². The molecular weight excluding hydrogens is 316 g/mol. The van der Waals surface area contributed by atoms with Gasteiger partial charge in [0.05, 0.1) is 20.3 Å². The summed E-state index contributed by atoms with van der Waals surface area (Å²) in [5.74, 6) is -0.988. The molecule has 1 rings (SSSR count). The number of carbonyl (C=O) groups is 3. The second-order valence-electron chi connectivity index (χ2n) is 5.14. The van der Waals surface area contributed by atoms with Crippen LogP contribution in [0.2, 0.25) is 0 Å². The van der Waals surface area contributed by atoms with Crippen molar-refractivity contribution in [2.45, 2.75) is 25.9 Å². The van der Waals surface area contributed by atoms with Gasteiger partial charge in [-0.1, -0.05) is 0 Å². The van der Waals surface area contributed by atoms with E-state index in [2.05, 4.69) is 10.6 Å². The number of hydrogen-bond acceptors (Lipinski definition) is 5. The molecule has 0 aliphatic heterocycles. The fourth-order valence-electron chi connectivity index (χ4n) is 2.19. The molecule has 0 aliphatic carbocycles. The molecule has 0 bridgehead atoms. The Bertz CT molecular complexity index is 633. The molecule has 1 aromatic carbocycles. The Kier molecular flexibility index (Phi) is 6.39. The first-order valence-electron chi connectivity index (χ1n) is 7.09. The third-order valence-electron chi connectivity index (χ3n) is 3.43. The highest BCUT2D eigenvalue weighted by atomic mass is 16.5. The summed E-state index contributed by atoms with van der Waals surface area (Å²) in [5.41, 5.74) is 11.7. The van der Waals surface area contributed by atoms with Gasteiger partial charge in [-0.05, 0) is 37.1 Å². The number of rotatable bonds is 7. The molecule has 6 N–H and O–H groups in total. The summed E-state index contributed by atoms with van der Waals surface area (Å²) in [6.45, 7) is 3.58. The van der Waals surface area contributed by atoms with Gasteiger partial charge in [-0.15, -0.1) is 0 Å². The van der Waals surface area contributed by atoms with Crippen LogP contribution in [0.15, 0.2) is 12.1 Å². The maximum Gasteiger partial charge on any atom is 0.316 e. The summed E-state index contributed by atoms with van der Waals surface area (Å²) in [6, 6.07) is 0.743. The van der Waals surface area contributed by atoms with E-state index >= 15 is 0 Å². The number of hydrogen-bond donors (Lipinski definition) is 4. The molecule has 0 fully saturated rings. The Morgan fingerprint density at radius 3 is 1.96 bits per heavy atom. The van der Waals surface area contributed by atoms with Gasteiger partial charge >= 0.3 is 6.03 Å². The first kappa shape index (κ1) is 19.1. The van der Waals surface area contributed by atoms with E-state index in [0.29, 0.717) is 11.5 Å². The summed E-state index contributed by atoms with van der Waals surface area (Å²) < 4.78 is 10.4. The molecule has 0 aliphatic rings. The molecule has 0 spiro atoms. The average Bonchev–Trinajstić information content (AvgIpc) is 2.51. The molecule has 0 aromatic heterocycles. The Morgan fingerprint density at radius 2 is 1.50 bits per heavy atom. The van der Waals surface area contributed by atoms with E-state index in [1.54, 1.807) is 19.1 Å². The summed E-state index contributed by atoms with van der Waals surface area (Å²) in [7, 11) is 3.03. The van der Waals surface area contributed by atoms with Crippen LogP contribution in [0, 0.1) is 6.92 Å². The van der Waals surface area contributed by atoms with Gasteiger partial charge in [-0.3, -0.25) is 9.59 Å². The van der Waals surface area contributed by atoms with Crippen LogP contribution in [0.1, 0.15) is 24.1 Å². The number of urea groups is 1. The largest absolute Gasteiger partial charge is 0.493 e. The smallest absolute Gasteiger partial charge is 0.316 e. The molecule has 24 heavy (non-hydrogen) atoms. The highest BCUT2D eigenvalue weighted by molar-refractivity contribution is 6.05. The zero-order valence-corrected chi connectivity index (χ0v) is 14.0. The second kappa shape index (κ2) is 8.04. The number of carbonyl (C=O) groups excluding carboxylic acids is 3. The maximum atomic E-state index is 11.9. The van der Waals surface area contributed by atoms with Crippen LogP contribution in [0.5, 0.6) is 11.5 Å². The number of ether oxygens (including phenoxy) is 2. The topological polar surface area (TPSA) is 146 Å². The molecule has 0 radical (unpaired) electrons.